The third-order valence-corrected chi connectivity index (χ3v) is 3.19. The van der Waals surface area contributed by atoms with Gasteiger partial charge in [0, 0.05) is 13.1 Å². The van der Waals surface area contributed by atoms with Crippen molar-refractivity contribution in [3.05, 3.63) is 29.8 Å². The molecular formula is C16H28N2O2. The van der Waals surface area contributed by atoms with E-state index in [0.29, 0.717) is 25.6 Å². The van der Waals surface area contributed by atoms with Gasteiger partial charge < -0.3 is 20.5 Å². The maximum atomic E-state index is 9.98. The van der Waals surface area contributed by atoms with E-state index in [4.69, 9.17) is 10.5 Å². The lowest BCUT2D eigenvalue weighted by molar-refractivity contribution is 0.0751. The van der Waals surface area contributed by atoms with Crippen LogP contribution in [0.1, 0.15) is 25.8 Å². The van der Waals surface area contributed by atoms with Gasteiger partial charge in [0.25, 0.3) is 0 Å². The molecular weight excluding hydrogens is 252 g/mol. The smallest absolute Gasteiger partial charge is 0.119 e. The minimum atomic E-state index is -0.478. The molecule has 114 valence electrons. The third-order valence-electron chi connectivity index (χ3n) is 3.19. The number of aliphatic hydroxyl groups is 1. The number of likely N-dealkylation sites (N-methyl/N-ethyl adjacent to an activating group) is 1. The first-order chi connectivity index (χ1) is 9.51. The van der Waals surface area contributed by atoms with Crippen LogP contribution in [-0.2, 0) is 6.54 Å². The van der Waals surface area contributed by atoms with Crippen LogP contribution in [0.5, 0.6) is 5.75 Å². The number of hydrogen-bond acceptors (Lipinski definition) is 4. The molecule has 0 saturated heterocycles. The molecule has 1 aromatic rings. The Hall–Kier alpha value is -1.10. The highest BCUT2D eigenvalue weighted by Gasteiger charge is 2.09. The van der Waals surface area contributed by atoms with Gasteiger partial charge in [-0.15, -0.1) is 0 Å². The number of nitrogens with two attached hydrogens (primary N) is 1. The highest BCUT2D eigenvalue weighted by molar-refractivity contribution is 5.28. The van der Waals surface area contributed by atoms with E-state index in [9.17, 15) is 5.11 Å². The van der Waals surface area contributed by atoms with Crippen molar-refractivity contribution in [3.8, 4) is 5.75 Å². The molecule has 0 spiro atoms. The lowest BCUT2D eigenvalue weighted by Crippen LogP contribution is -2.34. The van der Waals surface area contributed by atoms with E-state index in [2.05, 4.69) is 18.7 Å². The summed E-state index contributed by atoms with van der Waals surface area (Å²) in [5.74, 6) is 1.45. The van der Waals surface area contributed by atoms with Crippen molar-refractivity contribution >= 4 is 0 Å². The molecule has 0 aliphatic heterocycles. The minimum Gasteiger partial charge on any atom is -0.491 e. The topological polar surface area (TPSA) is 58.7 Å². The van der Waals surface area contributed by atoms with Crippen LogP contribution in [0.25, 0.3) is 0 Å². The summed E-state index contributed by atoms with van der Waals surface area (Å²) in [6.07, 6.45) is 0.663. The molecule has 4 nitrogen and oxygen atoms in total. The van der Waals surface area contributed by atoms with Crippen LogP contribution in [0.4, 0.5) is 0 Å². The molecule has 1 aromatic carbocycles. The molecule has 0 radical (unpaired) electrons. The van der Waals surface area contributed by atoms with Crippen LogP contribution in [0.3, 0.4) is 0 Å². The summed E-state index contributed by atoms with van der Waals surface area (Å²) in [5, 5.41) is 9.98. The molecule has 4 heteroatoms. The zero-order valence-corrected chi connectivity index (χ0v) is 12.9. The molecule has 0 heterocycles. The summed E-state index contributed by atoms with van der Waals surface area (Å²) in [7, 11) is 2.03. The second-order valence-corrected chi connectivity index (χ2v) is 5.76. The van der Waals surface area contributed by atoms with Crippen LogP contribution in [-0.4, -0.2) is 42.9 Å². The number of nitrogens with zero attached hydrogens (tertiary/aromatic N) is 1. The van der Waals surface area contributed by atoms with Gasteiger partial charge in [0.15, 0.2) is 0 Å². The molecule has 1 atom stereocenters. The van der Waals surface area contributed by atoms with Gasteiger partial charge in [0.05, 0.1) is 0 Å². The average Bonchev–Trinajstić information content (AvgIpc) is 2.43. The van der Waals surface area contributed by atoms with E-state index < -0.39 is 6.10 Å². The number of hydrogen-bond donors (Lipinski definition) is 2. The Morgan fingerprint density at radius 2 is 2.10 bits per heavy atom. The maximum Gasteiger partial charge on any atom is 0.119 e. The van der Waals surface area contributed by atoms with Crippen LogP contribution < -0.4 is 10.5 Å². The van der Waals surface area contributed by atoms with Gasteiger partial charge in [-0.1, -0.05) is 26.0 Å². The zero-order valence-electron chi connectivity index (χ0n) is 12.9. The molecule has 0 saturated carbocycles. The van der Waals surface area contributed by atoms with Crippen LogP contribution in [0.2, 0.25) is 0 Å². The molecule has 0 amide bonds. The minimum absolute atomic E-state index is 0.306. The lowest BCUT2D eigenvalue weighted by atomic mass is 10.1. The fraction of sp³-hybridized carbons (Fsp3) is 0.625. The molecule has 1 rings (SSSR count). The Morgan fingerprint density at radius 3 is 2.75 bits per heavy atom. The SMILES string of the molecule is CC(C)CCN(C)CC(O)COc1cccc(CN)c1. The molecule has 3 N–H and O–H groups in total. The molecule has 1 unspecified atom stereocenters. The van der Waals surface area contributed by atoms with Crippen molar-refractivity contribution in [1.82, 2.24) is 4.90 Å². The highest BCUT2D eigenvalue weighted by Crippen LogP contribution is 2.13. The van der Waals surface area contributed by atoms with Crippen LogP contribution in [0, 0.1) is 5.92 Å². The summed E-state index contributed by atoms with van der Waals surface area (Å²) >= 11 is 0. The molecule has 0 aliphatic carbocycles. The van der Waals surface area contributed by atoms with Gasteiger partial charge in [-0.3, -0.25) is 0 Å². The first kappa shape index (κ1) is 17.0. The van der Waals surface area contributed by atoms with Crippen molar-refractivity contribution in [2.75, 3.05) is 26.7 Å². The van der Waals surface area contributed by atoms with Gasteiger partial charge in [-0.05, 0) is 43.6 Å². The van der Waals surface area contributed by atoms with Gasteiger partial charge in [0.2, 0.25) is 0 Å². The van der Waals surface area contributed by atoms with E-state index >= 15 is 0 Å². The third kappa shape index (κ3) is 6.89. The van der Waals surface area contributed by atoms with E-state index in [-0.39, 0.29) is 0 Å². The highest BCUT2D eigenvalue weighted by atomic mass is 16.5. The normalized spacial score (nSPS) is 12.9. The van der Waals surface area contributed by atoms with Crippen molar-refractivity contribution in [2.24, 2.45) is 11.7 Å². The van der Waals surface area contributed by atoms with Crippen LogP contribution in [0.15, 0.2) is 24.3 Å². The fourth-order valence-corrected chi connectivity index (χ4v) is 1.94. The molecule has 0 bridgehead atoms. The predicted molar refractivity (Wildman–Crippen MR) is 82.8 cm³/mol. The molecule has 0 aliphatic rings. The van der Waals surface area contributed by atoms with Crippen molar-refractivity contribution < 1.29 is 9.84 Å². The number of ether oxygens (including phenoxy) is 1. The Balaban J connectivity index is 2.29. The van der Waals surface area contributed by atoms with E-state index in [0.717, 1.165) is 24.3 Å². The largest absolute Gasteiger partial charge is 0.491 e. The Kier molecular flexibility index (Phi) is 7.59. The summed E-state index contributed by atoms with van der Waals surface area (Å²) in [6, 6.07) is 7.67. The number of aliphatic hydroxyl groups excluding tert-OH is 1. The molecule has 0 fully saturated rings. The Morgan fingerprint density at radius 1 is 1.35 bits per heavy atom. The summed E-state index contributed by atoms with van der Waals surface area (Å²) in [5.41, 5.74) is 6.62. The monoisotopic (exact) mass is 280 g/mol. The van der Waals surface area contributed by atoms with E-state index in [1.807, 2.05) is 31.3 Å². The first-order valence-electron chi connectivity index (χ1n) is 7.29. The van der Waals surface area contributed by atoms with Gasteiger partial charge in [0.1, 0.15) is 18.5 Å². The van der Waals surface area contributed by atoms with Gasteiger partial charge in [-0.2, -0.15) is 0 Å². The van der Waals surface area contributed by atoms with Crippen molar-refractivity contribution in [2.45, 2.75) is 32.9 Å². The summed E-state index contributed by atoms with van der Waals surface area (Å²) in [4.78, 5) is 2.14. The van der Waals surface area contributed by atoms with E-state index in [1.165, 1.54) is 0 Å². The lowest BCUT2D eigenvalue weighted by Gasteiger charge is -2.21. The Labute approximate surface area is 122 Å². The quantitative estimate of drug-likeness (QED) is 0.725. The van der Waals surface area contributed by atoms with Gasteiger partial charge in [-0.25, -0.2) is 0 Å². The van der Waals surface area contributed by atoms with Crippen LogP contribution >= 0.6 is 0 Å². The second kappa shape index (κ2) is 8.95. The standard InChI is InChI=1S/C16H28N2O2/c1-13(2)7-8-18(3)11-15(19)12-20-16-6-4-5-14(9-16)10-17/h4-6,9,13,15,19H,7-8,10-12,17H2,1-3H3. The number of rotatable bonds is 9. The first-order valence-corrected chi connectivity index (χ1v) is 7.29. The number of benzene rings is 1. The maximum absolute atomic E-state index is 9.98. The summed E-state index contributed by atoms with van der Waals surface area (Å²) < 4.78 is 5.60. The van der Waals surface area contributed by atoms with Gasteiger partial charge >= 0.3 is 0 Å². The summed E-state index contributed by atoms with van der Waals surface area (Å²) in [6.45, 7) is 6.84. The fourth-order valence-electron chi connectivity index (χ4n) is 1.94. The average molecular weight is 280 g/mol. The van der Waals surface area contributed by atoms with Crippen molar-refractivity contribution in [3.63, 3.8) is 0 Å². The predicted octanol–water partition coefficient (Wildman–Crippen LogP) is 1.86. The van der Waals surface area contributed by atoms with E-state index in [1.54, 1.807) is 0 Å². The van der Waals surface area contributed by atoms with Crippen molar-refractivity contribution in [1.29, 1.82) is 0 Å². The second-order valence-electron chi connectivity index (χ2n) is 5.76. The molecule has 0 aromatic heterocycles. The molecule has 20 heavy (non-hydrogen) atoms. The zero-order chi connectivity index (χ0) is 15.0. The Bertz CT molecular complexity index is 382.